The maximum absolute atomic E-state index is 11.4. The van der Waals surface area contributed by atoms with Gasteiger partial charge in [0, 0.05) is 10.7 Å². The summed E-state index contributed by atoms with van der Waals surface area (Å²) >= 11 is 3.47. The van der Waals surface area contributed by atoms with Crippen molar-refractivity contribution in [3.63, 3.8) is 0 Å². The highest BCUT2D eigenvalue weighted by atomic mass is 79.9. The Hall–Kier alpha value is -1.13. The summed E-state index contributed by atoms with van der Waals surface area (Å²) in [6.07, 6.45) is 2.15. The first-order valence-corrected chi connectivity index (χ1v) is 8.69. The molecule has 2 aromatic rings. The highest BCUT2D eigenvalue weighted by Gasteiger charge is 2.08. The van der Waals surface area contributed by atoms with Crippen LogP contribution in [0.5, 0.6) is 0 Å². The quantitative estimate of drug-likeness (QED) is 0.844. The summed E-state index contributed by atoms with van der Waals surface area (Å²) in [4.78, 5) is 0.353. The Balaban J connectivity index is 2.49. The fourth-order valence-corrected chi connectivity index (χ4v) is 3.06. The highest BCUT2D eigenvalue weighted by Crippen LogP contribution is 2.28. The minimum Gasteiger partial charge on any atom is -0.224 e. The van der Waals surface area contributed by atoms with Crippen molar-refractivity contribution in [3.8, 4) is 11.1 Å². The molecule has 0 spiro atoms. The van der Waals surface area contributed by atoms with E-state index in [-0.39, 0.29) is 0 Å². The van der Waals surface area contributed by atoms with Gasteiger partial charge in [0.2, 0.25) is 0 Å². The van der Waals surface area contributed by atoms with Gasteiger partial charge in [-0.05, 0) is 47.4 Å². The molecule has 0 fully saturated rings. The molecule has 0 amide bonds. The van der Waals surface area contributed by atoms with E-state index in [1.807, 2.05) is 18.2 Å². The van der Waals surface area contributed by atoms with E-state index >= 15 is 0 Å². The van der Waals surface area contributed by atoms with Gasteiger partial charge >= 0.3 is 0 Å². The van der Waals surface area contributed by atoms with E-state index < -0.39 is 9.84 Å². The molecule has 19 heavy (non-hydrogen) atoms. The molecule has 0 heterocycles. The van der Waals surface area contributed by atoms with Crippen LogP contribution in [0.2, 0.25) is 0 Å². The number of rotatable bonds is 3. The summed E-state index contributed by atoms with van der Waals surface area (Å²) in [6.45, 7) is 2.11. The van der Waals surface area contributed by atoms with E-state index in [0.29, 0.717) is 4.90 Å². The van der Waals surface area contributed by atoms with Crippen molar-refractivity contribution < 1.29 is 8.42 Å². The zero-order valence-corrected chi connectivity index (χ0v) is 13.3. The predicted octanol–water partition coefficient (Wildman–Crippen LogP) is 4.08. The van der Waals surface area contributed by atoms with Crippen LogP contribution in [0.3, 0.4) is 0 Å². The van der Waals surface area contributed by atoms with Gasteiger partial charge < -0.3 is 0 Å². The molecule has 0 aliphatic carbocycles. The Morgan fingerprint density at radius 2 is 1.68 bits per heavy atom. The third kappa shape index (κ3) is 3.25. The molecule has 0 radical (unpaired) electrons. The van der Waals surface area contributed by atoms with Gasteiger partial charge in [-0.2, -0.15) is 0 Å². The zero-order valence-electron chi connectivity index (χ0n) is 10.9. The van der Waals surface area contributed by atoms with E-state index in [1.54, 1.807) is 12.1 Å². The lowest BCUT2D eigenvalue weighted by Gasteiger charge is -2.09. The van der Waals surface area contributed by atoms with Crippen LogP contribution in [0, 0.1) is 0 Å². The third-order valence-electron chi connectivity index (χ3n) is 3.04. The second-order valence-electron chi connectivity index (χ2n) is 4.45. The molecule has 4 heteroatoms. The topological polar surface area (TPSA) is 34.1 Å². The Labute approximate surface area is 122 Å². The lowest BCUT2D eigenvalue weighted by Crippen LogP contribution is -1.96. The second kappa shape index (κ2) is 5.47. The molecule has 0 aromatic heterocycles. The number of benzene rings is 2. The van der Waals surface area contributed by atoms with Crippen molar-refractivity contribution in [2.75, 3.05) is 6.26 Å². The summed E-state index contributed by atoms with van der Waals surface area (Å²) in [5.74, 6) is 0. The summed E-state index contributed by atoms with van der Waals surface area (Å²) in [5.41, 5.74) is 3.42. The SMILES string of the molecule is CCc1cc(Br)ccc1-c1ccc(S(C)(=O)=O)cc1. The summed E-state index contributed by atoms with van der Waals surface area (Å²) < 4.78 is 23.9. The molecule has 0 unspecified atom stereocenters. The fourth-order valence-electron chi connectivity index (χ4n) is 2.02. The first-order chi connectivity index (χ1) is 8.91. The smallest absolute Gasteiger partial charge is 0.175 e. The average molecular weight is 339 g/mol. The van der Waals surface area contributed by atoms with Crippen LogP contribution in [0.15, 0.2) is 51.8 Å². The van der Waals surface area contributed by atoms with Gasteiger partial charge in [0.05, 0.1) is 4.90 Å². The molecule has 0 N–H and O–H groups in total. The van der Waals surface area contributed by atoms with Crippen LogP contribution in [0.4, 0.5) is 0 Å². The lowest BCUT2D eigenvalue weighted by molar-refractivity contribution is 0.602. The molecule has 0 atom stereocenters. The van der Waals surface area contributed by atoms with Crippen LogP contribution in [0.25, 0.3) is 11.1 Å². The minimum absolute atomic E-state index is 0.353. The molecular weight excluding hydrogens is 324 g/mol. The van der Waals surface area contributed by atoms with Crippen molar-refractivity contribution in [2.45, 2.75) is 18.2 Å². The van der Waals surface area contributed by atoms with Gasteiger partial charge in [-0.1, -0.05) is 41.1 Å². The monoisotopic (exact) mass is 338 g/mol. The van der Waals surface area contributed by atoms with Crippen LogP contribution < -0.4 is 0 Å². The maximum atomic E-state index is 11.4. The Morgan fingerprint density at radius 1 is 1.05 bits per heavy atom. The van der Waals surface area contributed by atoms with Crippen molar-refractivity contribution in [2.24, 2.45) is 0 Å². The van der Waals surface area contributed by atoms with E-state index in [4.69, 9.17) is 0 Å². The summed E-state index contributed by atoms with van der Waals surface area (Å²) in [5, 5.41) is 0. The number of sulfone groups is 1. The Kier molecular flexibility index (Phi) is 4.11. The normalized spacial score (nSPS) is 11.5. The summed E-state index contributed by atoms with van der Waals surface area (Å²) in [6, 6.07) is 13.2. The van der Waals surface area contributed by atoms with E-state index in [0.717, 1.165) is 22.0 Å². The van der Waals surface area contributed by atoms with Crippen molar-refractivity contribution in [1.82, 2.24) is 0 Å². The van der Waals surface area contributed by atoms with Crippen LogP contribution >= 0.6 is 15.9 Å². The van der Waals surface area contributed by atoms with Crippen molar-refractivity contribution in [3.05, 3.63) is 52.5 Å². The molecule has 0 saturated heterocycles. The lowest BCUT2D eigenvalue weighted by atomic mass is 9.98. The standard InChI is InChI=1S/C15H15BrO2S/c1-3-11-10-13(16)6-9-15(11)12-4-7-14(8-5-12)19(2,17)18/h4-10H,3H2,1-2H3. The molecule has 0 aliphatic rings. The van der Waals surface area contributed by atoms with Crippen LogP contribution in [-0.4, -0.2) is 14.7 Å². The molecule has 0 bridgehead atoms. The first kappa shape index (κ1) is 14.3. The minimum atomic E-state index is -3.13. The van der Waals surface area contributed by atoms with Crippen molar-refractivity contribution in [1.29, 1.82) is 0 Å². The second-order valence-corrected chi connectivity index (χ2v) is 7.38. The number of hydrogen-bond donors (Lipinski definition) is 0. The van der Waals surface area contributed by atoms with Crippen LogP contribution in [0.1, 0.15) is 12.5 Å². The van der Waals surface area contributed by atoms with E-state index in [9.17, 15) is 8.42 Å². The zero-order chi connectivity index (χ0) is 14.0. The van der Waals surface area contributed by atoms with Gasteiger partial charge in [-0.25, -0.2) is 8.42 Å². The van der Waals surface area contributed by atoms with Gasteiger partial charge in [0.1, 0.15) is 0 Å². The summed E-state index contributed by atoms with van der Waals surface area (Å²) in [7, 11) is -3.13. The van der Waals surface area contributed by atoms with Gasteiger partial charge in [0.15, 0.2) is 9.84 Å². The Morgan fingerprint density at radius 3 is 2.21 bits per heavy atom. The number of aryl methyl sites for hydroxylation is 1. The molecular formula is C15H15BrO2S. The largest absolute Gasteiger partial charge is 0.224 e. The predicted molar refractivity (Wildman–Crippen MR) is 82.1 cm³/mol. The maximum Gasteiger partial charge on any atom is 0.175 e. The molecule has 100 valence electrons. The average Bonchev–Trinajstić information content (AvgIpc) is 2.37. The molecule has 0 saturated carbocycles. The third-order valence-corrected chi connectivity index (χ3v) is 4.66. The van der Waals surface area contributed by atoms with Gasteiger partial charge in [-0.3, -0.25) is 0 Å². The van der Waals surface area contributed by atoms with Crippen LogP contribution in [-0.2, 0) is 16.3 Å². The highest BCUT2D eigenvalue weighted by molar-refractivity contribution is 9.10. The number of halogens is 1. The molecule has 2 nitrogen and oxygen atoms in total. The Bertz CT molecular complexity index is 689. The molecule has 2 aromatic carbocycles. The van der Waals surface area contributed by atoms with E-state index in [2.05, 4.69) is 35.0 Å². The van der Waals surface area contributed by atoms with Gasteiger partial charge in [0.25, 0.3) is 0 Å². The van der Waals surface area contributed by atoms with Gasteiger partial charge in [-0.15, -0.1) is 0 Å². The molecule has 2 rings (SSSR count). The number of hydrogen-bond acceptors (Lipinski definition) is 2. The van der Waals surface area contributed by atoms with E-state index in [1.165, 1.54) is 11.8 Å². The molecule has 0 aliphatic heterocycles. The van der Waals surface area contributed by atoms with Crippen molar-refractivity contribution >= 4 is 25.8 Å². The fraction of sp³-hybridized carbons (Fsp3) is 0.200. The first-order valence-electron chi connectivity index (χ1n) is 6.00.